The Bertz CT molecular complexity index is 934. The maximum atomic E-state index is 13.2. The zero-order chi connectivity index (χ0) is 22.0. The number of carbonyl (C=O) groups is 2. The van der Waals surface area contributed by atoms with Crippen LogP contribution in [-0.4, -0.2) is 68.8 Å². The van der Waals surface area contributed by atoms with Crippen molar-refractivity contribution in [2.75, 3.05) is 56.3 Å². The first kappa shape index (κ1) is 21.2. The maximum absolute atomic E-state index is 13.2. The number of anilines is 2. The molecule has 2 aromatic carbocycles. The molecular formula is C24H29N3O4. The van der Waals surface area contributed by atoms with Crippen molar-refractivity contribution in [3.63, 3.8) is 0 Å². The van der Waals surface area contributed by atoms with Crippen molar-refractivity contribution in [3.05, 3.63) is 54.1 Å². The van der Waals surface area contributed by atoms with Crippen molar-refractivity contribution in [2.24, 2.45) is 0 Å². The van der Waals surface area contributed by atoms with Gasteiger partial charge in [0.15, 0.2) is 0 Å². The predicted octanol–water partition coefficient (Wildman–Crippen LogP) is 2.80. The van der Waals surface area contributed by atoms with Gasteiger partial charge in [0, 0.05) is 36.6 Å². The van der Waals surface area contributed by atoms with E-state index >= 15 is 0 Å². The summed E-state index contributed by atoms with van der Waals surface area (Å²) < 4.78 is 10.6. The summed E-state index contributed by atoms with van der Waals surface area (Å²) in [7, 11) is 1.61. The number of rotatable bonds is 4. The Kier molecular flexibility index (Phi) is 5.87. The molecule has 2 aliphatic heterocycles. The van der Waals surface area contributed by atoms with E-state index in [1.54, 1.807) is 16.9 Å². The van der Waals surface area contributed by atoms with E-state index in [2.05, 4.69) is 4.90 Å². The van der Waals surface area contributed by atoms with Crippen molar-refractivity contribution >= 4 is 23.2 Å². The van der Waals surface area contributed by atoms with Gasteiger partial charge in [0.25, 0.3) is 5.91 Å². The predicted molar refractivity (Wildman–Crippen MR) is 120 cm³/mol. The minimum atomic E-state index is -0.534. The highest BCUT2D eigenvalue weighted by Crippen LogP contribution is 2.31. The minimum absolute atomic E-state index is 0.0551. The van der Waals surface area contributed by atoms with E-state index in [0.29, 0.717) is 12.1 Å². The van der Waals surface area contributed by atoms with Gasteiger partial charge in [0.2, 0.25) is 5.91 Å². The first-order valence-electron chi connectivity index (χ1n) is 10.6. The number of carbonyl (C=O) groups excluding carboxylic acids is 2. The molecule has 31 heavy (non-hydrogen) atoms. The Morgan fingerprint density at radius 2 is 1.58 bits per heavy atom. The second-order valence-electron chi connectivity index (χ2n) is 8.55. The third kappa shape index (κ3) is 4.37. The van der Waals surface area contributed by atoms with Gasteiger partial charge >= 0.3 is 0 Å². The molecule has 2 aliphatic rings. The lowest BCUT2D eigenvalue weighted by Gasteiger charge is -2.46. The topological polar surface area (TPSA) is 62.3 Å². The zero-order valence-electron chi connectivity index (χ0n) is 18.3. The van der Waals surface area contributed by atoms with Crippen LogP contribution in [0.4, 0.5) is 11.4 Å². The van der Waals surface area contributed by atoms with Crippen LogP contribution in [0.1, 0.15) is 24.2 Å². The Balaban J connectivity index is 1.48. The SMILES string of the molecule is COc1ccc(N2C(=O)CN(C(=O)c3ccc(N4CCOCC4)cc3)CC2(C)C)cc1. The lowest BCUT2D eigenvalue weighted by molar-refractivity contribution is -0.122. The van der Waals surface area contributed by atoms with Gasteiger partial charge < -0.3 is 24.2 Å². The number of amides is 2. The van der Waals surface area contributed by atoms with Crippen LogP contribution < -0.4 is 14.5 Å². The maximum Gasteiger partial charge on any atom is 0.254 e. The molecule has 7 nitrogen and oxygen atoms in total. The number of benzene rings is 2. The van der Waals surface area contributed by atoms with E-state index in [1.165, 1.54) is 0 Å². The van der Waals surface area contributed by atoms with Crippen molar-refractivity contribution in [1.82, 2.24) is 4.90 Å². The summed E-state index contributed by atoms with van der Waals surface area (Å²) in [6, 6.07) is 15.1. The monoisotopic (exact) mass is 423 g/mol. The van der Waals surface area contributed by atoms with Crippen LogP contribution in [0.2, 0.25) is 0 Å². The highest BCUT2D eigenvalue weighted by Gasteiger charge is 2.41. The lowest BCUT2D eigenvalue weighted by Crippen LogP contribution is -2.63. The van der Waals surface area contributed by atoms with Crippen LogP contribution in [0.15, 0.2) is 48.5 Å². The number of morpholine rings is 1. The summed E-state index contributed by atoms with van der Waals surface area (Å²) in [5, 5.41) is 0. The molecule has 2 fully saturated rings. The fourth-order valence-corrected chi connectivity index (χ4v) is 4.35. The van der Waals surface area contributed by atoms with Crippen LogP contribution in [0, 0.1) is 0 Å². The third-order valence-electron chi connectivity index (χ3n) is 5.87. The third-order valence-corrected chi connectivity index (χ3v) is 5.87. The van der Waals surface area contributed by atoms with Crippen molar-refractivity contribution in [3.8, 4) is 5.75 Å². The average Bonchev–Trinajstić information content (AvgIpc) is 2.78. The molecule has 0 aromatic heterocycles. The molecule has 0 N–H and O–H groups in total. The van der Waals surface area contributed by atoms with Gasteiger partial charge in [-0.3, -0.25) is 9.59 Å². The molecule has 2 amide bonds. The van der Waals surface area contributed by atoms with Crippen LogP contribution in [0.3, 0.4) is 0 Å². The minimum Gasteiger partial charge on any atom is -0.497 e. The molecule has 0 spiro atoms. The lowest BCUT2D eigenvalue weighted by atomic mass is 9.96. The van der Waals surface area contributed by atoms with Crippen LogP contribution >= 0.6 is 0 Å². The molecule has 0 radical (unpaired) electrons. The smallest absolute Gasteiger partial charge is 0.254 e. The van der Waals surface area contributed by atoms with E-state index < -0.39 is 5.54 Å². The molecule has 2 aromatic rings. The quantitative estimate of drug-likeness (QED) is 0.757. The Morgan fingerprint density at radius 1 is 0.968 bits per heavy atom. The van der Waals surface area contributed by atoms with Crippen molar-refractivity contribution in [2.45, 2.75) is 19.4 Å². The second kappa shape index (κ2) is 8.59. The number of piperazine rings is 1. The molecule has 7 heteroatoms. The fourth-order valence-electron chi connectivity index (χ4n) is 4.35. The summed E-state index contributed by atoms with van der Waals surface area (Å²) in [5.41, 5.74) is 1.95. The molecule has 2 heterocycles. The van der Waals surface area contributed by atoms with Crippen LogP contribution in [-0.2, 0) is 9.53 Å². The number of ether oxygens (including phenoxy) is 2. The standard InChI is InChI=1S/C24H29N3O4/c1-24(2)17-26(16-22(28)27(24)20-8-10-21(30-3)11-9-20)23(29)18-4-6-19(7-5-18)25-12-14-31-15-13-25/h4-11H,12-17H2,1-3H3. The summed E-state index contributed by atoms with van der Waals surface area (Å²) >= 11 is 0. The Labute approximate surface area is 183 Å². The fraction of sp³-hybridized carbons (Fsp3) is 0.417. The van der Waals surface area contributed by atoms with E-state index in [-0.39, 0.29) is 18.4 Å². The van der Waals surface area contributed by atoms with Crippen molar-refractivity contribution in [1.29, 1.82) is 0 Å². The molecule has 0 bridgehead atoms. The molecule has 4 rings (SSSR count). The summed E-state index contributed by atoms with van der Waals surface area (Å²) in [4.78, 5) is 31.9. The van der Waals surface area contributed by atoms with E-state index in [0.717, 1.165) is 43.4 Å². The first-order valence-corrected chi connectivity index (χ1v) is 10.6. The molecule has 2 saturated heterocycles. The summed E-state index contributed by atoms with van der Waals surface area (Å²) in [6.07, 6.45) is 0. The normalized spacial score (nSPS) is 18.8. The van der Waals surface area contributed by atoms with Gasteiger partial charge in [0.1, 0.15) is 12.3 Å². The number of hydrogen-bond donors (Lipinski definition) is 0. The molecule has 164 valence electrons. The van der Waals surface area contributed by atoms with Gasteiger partial charge in [0.05, 0.1) is 25.9 Å². The number of hydrogen-bond acceptors (Lipinski definition) is 5. The van der Waals surface area contributed by atoms with E-state index in [9.17, 15) is 9.59 Å². The summed E-state index contributed by atoms with van der Waals surface area (Å²) in [5.74, 6) is 0.521. The Morgan fingerprint density at radius 3 is 2.16 bits per heavy atom. The highest BCUT2D eigenvalue weighted by atomic mass is 16.5. The zero-order valence-corrected chi connectivity index (χ0v) is 18.3. The van der Waals surface area contributed by atoms with Crippen LogP contribution in [0.5, 0.6) is 5.75 Å². The van der Waals surface area contributed by atoms with Gasteiger partial charge in [-0.25, -0.2) is 0 Å². The molecule has 0 saturated carbocycles. The highest BCUT2D eigenvalue weighted by molar-refractivity contribution is 6.02. The Hall–Kier alpha value is -3.06. The van der Waals surface area contributed by atoms with Gasteiger partial charge in [-0.1, -0.05) is 0 Å². The van der Waals surface area contributed by atoms with E-state index in [1.807, 2.05) is 62.4 Å². The molecule has 0 atom stereocenters. The molecular weight excluding hydrogens is 394 g/mol. The largest absolute Gasteiger partial charge is 0.497 e. The van der Waals surface area contributed by atoms with Gasteiger partial charge in [-0.2, -0.15) is 0 Å². The molecule has 0 unspecified atom stereocenters. The van der Waals surface area contributed by atoms with E-state index in [4.69, 9.17) is 9.47 Å². The summed E-state index contributed by atoms with van der Waals surface area (Å²) in [6.45, 7) is 7.61. The van der Waals surface area contributed by atoms with Crippen molar-refractivity contribution < 1.29 is 19.1 Å². The van der Waals surface area contributed by atoms with Crippen LogP contribution in [0.25, 0.3) is 0 Å². The second-order valence-corrected chi connectivity index (χ2v) is 8.55. The first-order chi connectivity index (χ1) is 14.9. The average molecular weight is 424 g/mol. The molecule has 0 aliphatic carbocycles. The van der Waals surface area contributed by atoms with Gasteiger partial charge in [-0.05, 0) is 62.4 Å². The van der Waals surface area contributed by atoms with Gasteiger partial charge in [-0.15, -0.1) is 0 Å². The number of nitrogens with zero attached hydrogens (tertiary/aromatic N) is 3. The number of methoxy groups -OCH3 is 1.